The molecule has 3 atom stereocenters. The molecule has 0 aliphatic carbocycles. The quantitative estimate of drug-likeness (QED) is 0.645. The van der Waals surface area contributed by atoms with Gasteiger partial charge in [-0.15, -0.1) is 0 Å². The molecule has 4 nitrogen and oxygen atoms in total. The van der Waals surface area contributed by atoms with E-state index in [0.29, 0.717) is 13.2 Å². The van der Waals surface area contributed by atoms with Crippen LogP contribution in [-0.4, -0.2) is 37.5 Å². The Morgan fingerprint density at radius 2 is 2.15 bits per heavy atom. The average molecular weight is 188 g/mol. The van der Waals surface area contributed by atoms with E-state index in [1.165, 1.54) is 0 Å². The molecule has 2 saturated heterocycles. The van der Waals surface area contributed by atoms with Gasteiger partial charge >= 0.3 is 0 Å². The smallest absolute Gasteiger partial charge is 0.218 e. The number of ether oxygens (including phenoxy) is 4. The molecule has 0 radical (unpaired) electrons. The molecule has 4 heteroatoms. The summed E-state index contributed by atoms with van der Waals surface area (Å²) in [7, 11) is 0. The molecule has 0 spiro atoms. The normalized spacial score (nSPS) is 44.3. The predicted octanol–water partition coefficient (Wildman–Crippen LogP) is 0.899. The van der Waals surface area contributed by atoms with Crippen LogP contribution in [0.5, 0.6) is 0 Å². The molecule has 0 amide bonds. The lowest BCUT2D eigenvalue weighted by Crippen LogP contribution is -2.49. The van der Waals surface area contributed by atoms with Gasteiger partial charge in [-0.05, 0) is 20.8 Å². The summed E-state index contributed by atoms with van der Waals surface area (Å²) in [6.45, 7) is 6.96. The second-order valence-corrected chi connectivity index (χ2v) is 3.92. The van der Waals surface area contributed by atoms with Crippen molar-refractivity contribution in [3.8, 4) is 0 Å². The molecule has 0 unspecified atom stereocenters. The molecular formula is C9H16O4. The molecule has 2 aliphatic heterocycles. The molecule has 2 aliphatic rings. The maximum absolute atomic E-state index is 5.63. The SMILES string of the molecule is CC(C)O[C@@H]1OC[C@H]2CO[C@@]1(C)O2. The molecule has 0 aromatic rings. The van der Waals surface area contributed by atoms with E-state index < -0.39 is 12.1 Å². The molecule has 0 N–H and O–H groups in total. The molecule has 2 rings (SSSR count). The Morgan fingerprint density at radius 3 is 2.85 bits per heavy atom. The van der Waals surface area contributed by atoms with Gasteiger partial charge in [0.1, 0.15) is 6.10 Å². The summed E-state index contributed by atoms with van der Waals surface area (Å²) in [5, 5.41) is 0. The van der Waals surface area contributed by atoms with Crippen molar-refractivity contribution in [3.63, 3.8) is 0 Å². The summed E-state index contributed by atoms with van der Waals surface area (Å²) in [5.74, 6) is -0.701. The van der Waals surface area contributed by atoms with E-state index >= 15 is 0 Å². The standard InChI is InChI=1S/C9H16O4/c1-6(2)12-8-9(3)11-5-7(13-9)4-10-8/h6-8H,4-5H2,1-3H3/t7-,8-,9-/m0/s1. The van der Waals surface area contributed by atoms with Crippen molar-refractivity contribution < 1.29 is 18.9 Å². The third-order valence-electron chi connectivity index (χ3n) is 2.21. The van der Waals surface area contributed by atoms with Gasteiger partial charge in [0.15, 0.2) is 0 Å². The molecule has 0 aromatic heterocycles. The average Bonchev–Trinajstić information content (AvgIpc) is 2.35. The fourth-order valence-electron chi connectivity index (χ4n) is 1.62. The fourth-order valence-corrected chi connectivity index (χ4v) is 1.62. The van der Waals surface area contributed by atoms with Crippen molar-refractivity contribution in [1.29, 1.82) is 0 Å². The Kier molecular flexibility index (Phi) is 2.32. The van der Waals surface area contributed by atoms with Crippen LogP contribution >= 0.6 is 0 Å². The van der Waals surface area contributed by atoms with Crippen molar-refractivity contribution >= 4 is 0 Å². The summed E-state index contributed by atoms with van der Waals surface area (Å²) in [4.78, 5) is 0. The van der Waals surface area contributed by atoms with E-state index in [1.807, 2.05) is 20.8 Å². The Bertz CT molecular complexity index is 194. The zero-order chi connectivity index (χ0) is 9.47. The zero-order valence-corrected chi connectivity index (χ0v) is 8.28. The van der Waals surface area contributed by atoms with Gasteiger partial charge in [0.25, 0.3) is 0 Å². The minimum absolute atomic E-state index is 0.0806. The van der Waals surface area contributed by atoms with Crippen LogP contribution in [0.15, 0.2) is 0 Å². The van der Waals surface area contributed by atoms with Crippen molar-refractivity contribution in [2.24, 2.45) is 0 Å². The number of hydrogen-bond donors (Lipinski definition) is 0. The van der Waals surface area contributed by atoms with Gasteiger partial charge in [-0.25, -0.2) is 0 Å². The first kappa shape index (κ1) is 9.40. The highest BCUT2D eigenvalue weighted by Gasteiger charge is 2.50. The molecular weight excluding hydrogens is 172 g/mol. The second-order valence-electron chi connectivity index (χ2n) is 3.92. The van der Waals surface area contributed by atoms with Crippen LogP contribution in [-0.2, 0) is 18.9 Å². The van der Waals surface area contributed by atoms with E-state index in [-0.39, 0.29) is 12.2 Å². The van der Waals surface area contributed by atoms with Gasteiger partial charge in [-0.2, -0.15) is 0 Å². The molecule has 2 fully saturated rings. The number of rotatable bonds is 2. The van der Waals surface area contributed by atoms with Crippen LogP contribution in [0.2, 0.25) is 0 Å². The second kappa shape index (κ2) is 3.20. The summed E-state index contributed by atoms with van der Waals surface area (Å²) in [5.41, 5.74) is 0. The summed E-state index contributed by atoms with van der Waals surface area (Å²) in [6, 6.07) is 0. The first-order chi connectivity index (χ1) is 6.10. The molecule has 0 aromatic carbocycles. The predicted molar refractivity (Wildman–Crippen MR) is 45.2 cm³/mol. The van der Waals surface area contributed by atoms with Gasteiger partial charge < -0.3 is 18.9 Å². The zero-order valence-electron chi connectivity index (χ0n) is 8.28. The number of hydrogen-bond acceptors (Lipinski definition) is 4. The minimum Gasteiger partial charge on any atom is -0.345 e. The van der Waals surface area contributed by atoms with Crippen LogP contribution in [0.25, 0.3) is 0 Å². The van der Waals surface area contributed by atoms with E-state index in [9.17, 15) is 0 Å². The van der Waals surface area contributed by atoms with Crippen LogP contribution < -0.4 is 0 Å². The van der Waals surface area contributed by atoms with Crippen molar-refractivity contribution in [2.45, 2.75) is 45.1 Å². The van der Waals surface area contributed by atoms with Crippen LogP contribution in [0.1, 0.15) is 20.8 Å². The topological polar surface area (TPSA) is 36.9 Å². The number of fused-ring (bicyclic) bond motifs is 2. The highest BCUT2D eigenvalue weighted by atomic mass is 16.8. The highest BCUT2D eigenvalue weighted by molar-refractivity contribution is 4.83. The Morgan fingerprint density at radius 1 is 1.38 bits per heavy atom. The van der Waals surface area contributed by atoms with E-state index in [2.05, 4.69) is 0 Å². The first-order valence-electron chi connectivity index (χ1n) is 4.69. The lowest BCUT2D eigenvalue weighted by Gasteiger charge is -2.36. The van der Waals surface area contributed by atoms with Crippen LogP contribution in [0.4, 0.5) is 0 Å². The molecule has 2 heterocycles. The summed E-state index contributed by atoms with van der Waals surface area (Å²) >= 11 is 0. The van der Waals surface area contributed by atoms with Crippen LogP contribution in [0, 0.1) is 0 Å². The van der Waals surface area contributed by atoms with Gasteiger partial charge in [0.2, 0.25) is 12.1 Å². The maximum atomic E-state index is 5.63. The maximum Gasteiger partial charge on any atom is 0.218 e. The van der Waals surface area contributed by atoms with Crippen molar-refractivity contribution in [3.05, 3.63) is 0 Å². The van der Waals surface area contributed by atoms with E-state index in [1.54, 1.807) is 0 Å². The van der Waals surface area contributed by atoms with E-state index in [0.717, 1.165) is 0 Å². The van der Waals surface area contributed by atoms with Crippen LogP contribution in [0.3, 0.4) is 0 Å². The Hall–Kier alpha value is -0.160. The lowest BCUT2D eigenvalue weighted by atomic mass is 10.3. The van der Waals surface area contributed by atoms with Gasteiger partial charge in [-0.1, -0.05) is 0 Å². The minimum atomic E-state index is -0.701. The summed E-state index contributed by atoms with van der Waals surface area (Å²) in [6.07, 6.45) is -0.200. The fraction of sp³-hybridized carbons (Fsp3) is 1.00. The Balaban J connectivity index is 2.02. The molecule has 13 heavy (non-hydrogen) atoms. The lowest BCUT2D eigenvalue weighted by molar-refractivity contribution is -0.346. The molecule has 0 saturated carbocycles. The largest absolute Gasteiger partial charge is 0.345 e. The van der Waals surface area contributed by atoms with E-state index in [4.69, 9.17) is 18.9 Å². The third-order valence-corrected chi connectivity index (χ3v) is 2.21. The van der Waals surface area contributed by atoms with Crippen molar-refractivity contribution in [2.75, 3.05) is 13.2 Å². The highest BCUT2D eigenvalue weighted by Crippen LogP contribution is 2.34. The Labute approximate surface area is 78.1 Å². The molecule has 76 valence electrons. The third kappa shape index (κ3) is 1.72. The van der Waals surface area contributed by atoms with Gasteiger partial charge in [0.05, 0.1) is 19.3 Å². The van der Waals surface area contributed by atoms with Crippen molar-refractivity contribution in [1.82, 2.24) is 0 Å². The monoisotopic (exact) mass is 188 g/mol. The summed E-state index contributed by atoms with van der Waals surface area (Å²) < 4.78 is 22.2. The van der Waals surface area contributed by atoms with Gasteiger partial charge in [0, 0.05) is 0 Å². The molecule has 2 bridgehead atoms. The van der Waals surface area contributed by atoms with Gasteiger partial charge in [-0.3, -0.25) is 0 Å². The first-order valence-corrected chi connectivity index (χ1v) is 4.69.